The maximum Gasteiger partial charge on any atom is 0.311 e. The van der Waals surface area contributed by atoms with Crippen LogP contribution in [0.5, 0.6) is 0 Å². The van der Waals surface area contributed by atoms with Crippen molar-refractivity contribution in [2.45, 2.75) is 51.3 Å². The van der Waals surface area contributed by atoms with Crippen LogP contribution in [-0.2, 0) is 19.9 Å². The van der Waals surface area contributed by atoms with E-state index in [1.807, 2.05) is 13.0 Å². The molecule has 5 nitrogen and oxygen atoms in total. The molecule has 0 aromatic carbocycles. The van der Waals surface area contributed by atoms with Crippen LogP contribution in [0.2, 0.25) is 19.6 Å². The summed E-state index contributed by atoms with van der Waals surface area (Å²) in [7, 11) is -0.146. The molecule has 0 amide bonds. The summed E-state index contributed by atoms with van der Waals surface area (Å²) in [6.45, 7) is 8.44. The number of rotatable bonds is 3. The maximum absolute atomic E-state index is 11.9. The van der Waals surface area contributed by atoms with E-state index in [2.05, 4.69) is 24.6 Å². The van der Waals surface area contributed by atoms with Crippen molar-refractivity contribution in [2.24, 2.45) is 0 Å². The van der Waals surface area contributed by atoms with Crippen LogP contribution in [0.1, 0.15) is 37.2 Å². The van der Waals surface area contributed by atoms with Gasteiger partial charge in [-0.15, -0.1) is 0 Å². The van der Waals surface area contributed by atoms with E-state index >= 15 is 0 Å². The van der Waals surface area contributed by atoms with Gasteiger partial charge in [0.2, 0.25) is 6.29 Å². The van der Waals surface area contributed by atoms with Crippen LogP contribution in [0.4, 0.5) is 0 Å². The number of carbonyl (C=O) groups excluding carboxylic acids is 1. The monoisotopic (exact) mass is 309 g/mol. The van der Waals surface area contributed by atoms with Crippen molar-refractivity contribution in [3.8, 4) is 0 Å². The molecule has 1 N–H and O–H groups in total. The van der Waals surface area contributed by atoms with E-state index in [4.69, 9.17) is 9.47 Å². The number of esters is 1. The van der Waals surface area contributed by atoms with E-state index in [0.717, 1.165) is 5.32 Å². The van der Waals surface area contributed by atoms with Crippen LogP contribution in [0.3, 0.4) is 0 Å². The molecule has 1 aromatic heterocycles. The second-order valence-electron chi connectivity index (χ2n) is 6.53. The molecule has 0 saturated heterocycles. The summed E-state index contributed by atoms with van der Waals surface area (Å²) in [5.41, 5.74) is 0.113. The molecular formula is C15H23NO4Si. The molecule has 2 heterocycles. The van der Waals surface area contributed by atoms with E-state index in [9.17, 15) is 9.90 Å². The van der Waals surface area contributed by atoms with Crippen molar-refractivity contribution in [1.82, 2.24) is 4.98 Å². The Hall–Kier alpha value is -1.24. The number of nitrogens with zero attached hydrogens (tertiary/aromatic N) is 1. The lowest BCUT2D eigenvalue weighted by Crippen LogP contribution is -2.41. The van der Waals surface area contributed by atoms with Gasteiger partial charge in [-0.25, -0.2) is 0 Å². The number of carbonyl (C=O) groups is 1. The van der Waals surface area contributed by atoms with Gasteiger partial charge in [0.1, 0.15) is 13.7 Å². The quantitative estimate of drug-likeness (QED) is 0.681. The minimum Gasteiger partial charge on any atom is -0.431 e. The molecule has 0 fully saturated rings. The summed E-state index contributed by atoms with van der Waals surface area (Å²) in [6, 6.07) is 1.93. The van der Waals surface area contributed by atoms with Gasteiger partial charge in [0.15, 0.2) is 0 Å². The zero-order chi connectivity index (χ0) is 15.8. The summed E-state index contributed by atoms with van der Waals surface area (Å²) < 4.78 is 10.5. The molecule has 0 bridgehead atoms. The number of ether oxygens (including phenoxy) is 2. The zero-order valence-corrected chi connectivity index (χ0v) is 14.3. The summed E-state index contributed by atoms with van der Waals surface area (Å²) in [5.74, 6) is -0.461. The van der Waals surface area contributed by atoms with Crippen molar-refractivity contribution in [3.05, 3.63) is 23.4 Å². The van der Waals surface area contributed by atoms with Crippen molar-refractivity contribution >= 4 is 19.4 Å². The van der Waals surface area contributed by atoms with Crippen LogP contribution in [-0.4, -0.2) is 31.2 Å². The first-order valence-corrected chi connectivity index (χ1v) is 10.7. The molecule has 1 aliphatic heterocycles. The van der Waals surface area contributed by atoms with Crippen LogP contribution >= 0.6 is 0 Å². The van der Waals surface area contributed by atoms with Gasteiger partial charge in [0, 0.05) is 24.2 Å². The van der Waals surface area contributed by atoms with Crippen LogP contribution in [0, 0.1) is 0 Å². The largest absolute Gasteiger partial charge is 0.431 e. The highest BCUT2D eigenvalue weighted by molar-refractivity contribution is 6.88. The Bertz CT molecular complexity index is 555. The Balaban J connectivity index is 2.65. The molecule has 0 radical (unpaired) electrons. The second kappa shape index (κ2) is 5.51. The van der Waals surface area contributed by atoms with Crippen molar-refractivity contribution in [2.75, 3.05) is 7.11 Å². The van der Waals surface area contributed by atoms with Crippen LogP contribution < -0.4 is 5.32 Å². The normalized spacial score (nSPS) is 26.0. The number of fused-ring (bicyclic) bond motifs is 1. The Morgan fingerprint density at radius 1 is 1.52 bits per heavy atom. The van der Waals surface area contributed by atoms with Crippen LogP contribution in [0.15, 0.2) is 12.3 Å². The van der Waals surface area contributed by atoms with Gasteiger partial charge >= 0.3 is 5.97 Å². The molecule has 2 atom stereocenters. The average Bonchev–Trinajstić information content (AvgIpc) is 2.53. The number of pyridine rings is 1. The Labute approximate surface area is 126 Å². The van der Waals surface area contributed by atoms with E-state index in [0.29, 0.717) is 17.5 Å². The zero-order valence-electron chi connectivity index (χ0n) is 13.3. The summed E-state index contributed by atoms with van der Waals surface area (Å²) in [4.78, 5) is 16.4. The molecule has 1 aliphatic rings. The smallest absolute Gasteiger partial charge is 0.311 e. The summed E-state index contributed by atoms with van der Waals surface area (Å²) in [6.07, 6.45) is 1.24. The first kappa shape index (κ1) is 16.1. The number of hydrogen-bond acceptors (Lipinski definition) is 5. The predicted octanol–water partition coefficient (Wildman–Crippen LogP) is 1.82. The SMILES string of the molecule is CC[C@@]1(O)CC(=O)OC(OC)c2cnc([Si](C)(C)C)cc21. The Kier molecular flexibility index (Phi) is 4.23. The van der Waals surface area contributed by atoms with E-state index < -0.39 is 25.9 Å². The van der Waals surface area contributed by atoms with Crippen LogP contribution in [0.25, 0.3) is 0 Å². The molecule has 6 heteroatoms. The first-order valence-electron chi connectivity index (χ1n) is 7.17. The highest BCUT2D eigenvalue weighted by Crippen LogP contribution is 2.38. The van der Waals surface area contributed by atoms with E-state index in [1.165, 1.54) is 7.11 Å². The summed E-state index contributed by atoms with van der Waals surface area (Å²) >= 11 is 0. The third-order valence-corrected chi connectivity index (χ3v) is 5.74. The van der Waals surface area contributed by atoms with E-state index in [1.54, 1.807) is 6.20 Å². The number of aromatic nitrogens is 1. The predicted molar refractivity (Wildman–Crippen MR) is 81.9 cm³/mol. The van der Waals surface area contributed by atoms with Gasteiger partial charge in [-0.05, 0) is 18.1 Å². The minimum atomic E-state index is -1.62. The molecule has 116 valence electrons. The maximum atomic E-state index is 11.9. The molecule has 1 unspecified atom stereocenters. The molecular weight excluding hydrogens is 286 g/mol. The van der Waals surface area contributed by atoms with E-state index in [-0.39, 0.29) is 6.42 Å². The lowest BCUT2D eigenvalue weighted by atomic mass is 9.86. The van der Waals surface area contributed by atoms with Crippen molar-refractivity contribution in [1.29, 1.82) is 0 Å². The Morgan fingerprint density at radius 3 is 2.71 bits per heavy atom. The standard InChI is InChI=1S/C15H23NO4Si/c1-6-15(18)8-13(17)20-14(19-2)10-9-16-12(7-11(10)15)21(3,4)5/h7,9,14,18H,6,8H2,1-5H3/t14?,15-/m1/s1. The lowest BCUT2D eigenvalue weighted by molar-refractivity contribution is -0.176. The average molecular weight is 309 g/mol. The third-order valence-electron chi connectivity index (χ3n) is 3.93. The number of aliphatic hydroxyl groups is 1. The topological polar surface area (TPSA) is 68.7 Å². The van der Waals surface area contributed by atoms with Gasteiger partial charge in [0.05, 0.1) is 6.42 Å². The van der Waals surface area contributed by atoms with Crippen molar-refractivity contribution in [3.63, 3.8) is 0 Å². The molecule has 0 aliphatic carbocycles. The van der Waals surface area contributed by atoms with Crippen molar-refractivity contribution < 1.29 is 19.4 Å². The molecule has 1 aromatic rings. The summed E-state index contributed by atoms with van der Waals surface area (Å²) in [5, 5.41) is 11.9. The van der Waals surface area contributed by atoms with Gasteiger partial charge in [-0.1, -0.05) is 26.6 Å². The van der Waals surface area contributed by atoms with Gasteiger partial charge < -0.3 is 14.6 Å². The molecule has 0 saturated carbocycles. The highest BCUT2D eigenvalue weighted by Gasteiger charge is 2.40. The minimum absolute atomic E-state index is 0.0640. The Morgan fingerprint density at radius 2 is 2.19 bits per heavy atom. The number of cyclic esters (lactones) is 1. The fraction of sp³-hybridized carbons (Fsp3) is 0.600. The fourth-order valence-corrected chi connectivity index (χ4v) is 3.55. The molecule has 2 rings (SSSR count). The second-order valence-corrected chi connectivity index (χ2v) is 11.5. The van der Waals surface area contributed by atoms with Gasteiger partial charge in [-0.2, -0.15) is 0 Å². The molecule has 21 heavy (non-hydrogen) atoms. The fourth-order valence-electron chi connectivity index (χ4n) is 2.52. The highest BCUT2D eigenvalue weighted by atomic mass is 28.3. The van der Waals surface area contributed by atoms with Gasteiger partial charge in [0.25, 0.3) is 0 Å². The first-order chi connectivity index (χ1) is 9.71. The van der Waals surface area contributed by atoms with Gasteiger partial charge in [-0.3, -0.25) is 9.78 Å². The molecule has 0 spiro atoms. The number of methoxy groups -OCH3 is 1. The number of hydrogen-bond donors (Lipinski definition) is 1. The lowest BCUT2D eigenvalue weighted by Gasteiger charge is -2.28. The third kappa shape index (κ3) is 3.02.